The van der Waals surface area contributed by atoms with Gasteiger partial charge in [-0.2, -0.15) is 15.8 Å². The number of non-ortho nitro benzene ring substituents is 1. The molecule has 10 heteroatoms. The van der Waals surface area contributed by atoms with Crippen molar-refractivity contribution in [3.05, 3.63) is 69.7 Å². The normalized spacial score (nSPS) is 10.0. The van der Waals surface area contributed by atoms with E-state index in [2.05, 4.69) is 15.5 Å². The first-order valence-corrected chi connectivity index (χ1v) is 7.61. The smallest absolute Gasteiger partial charge is 0.275 e. The van der Waals surface area contributed by atoms with Crippen LogP contribution in [-0.4, -0.2) is 15.6 Å². The zero-order valence-electron chi connectivity index (χ0n) is 14.4. The fourth-order valence-corrected chi connectivity index (χ4v) is 1.99. The largest absolute Gasteiger partial charge is 0.356 e. The van der Waals surface area contributed by atoms with E-state index >= 15 is 0 Å². The number of nitro benzene ring substituents is 1. The highest BCUT2D eigenvalue weighted by Crippen LogP contribution is 2.27. The number of anilines is 1. The van der Waals surface area contributed by atoms with Gasteiger partial charge in [-0.1, -0.05) is 5.16 Å². The van der Waals surface area contributed by atoms with E-state index in [1.54, 1.807) is 49.7 Å². The lowest BCUT2D eigenvalue weighted by molar-refractivity contribution is -0.384. The molecule has 28 heavy (non-hydrogen) atoms. The molecule has 1 N–H and O–H groups in total. The molecule has 0 atom stereocenters. The van der Waals surface area contributed by atoms with Gasteiger partial charge in [0.2, 0.25) is 0 Å². The molecule has 0 aliphatic carbocycles. The maximum absolute atomic E-state index is 11.2. The van der Waals surface area contributed by atoms with Gasteiger partial charge in [0, 0.05) is 35.8 Å². The summed E-state index contributed by atoms with van der Waals surface area (Å²) in [6.45, 7) is 1.68. The number of aromatic nitrogens is 1. The third-order valence-electron chi connectivity index (χ3n) is 3.32. The van der Waals surface area contributed by atoms with E-state index in [9.17, 15) is 10.1 Å². The van der Waals surface area contributed by atoms with Crippen molar-refractivity contribution in [3.8, 4) is 24.0 Å². The molecule has 0 unspecified atom stereocenters. The number of oxime groups is 1. The van der Waals surface area contributed by atoms with Crippen molar-refractivity contribution < 1.29 is 9.76 Å². The van der Waals surface area contributed by atoms with Gasteiger partial charge in [0.25, 0.3) is 5.69 Å². The number of pyridine rings is 1. The second kappa shape index (κ2) is 9.09. The molecule has 2 rings (SSSR count). The van der Waals surface area contributed by atoms with Crippen LogP contribution in [0.3, 0.4) is 0 Å². The van der Waals surface area contributed by atoms with E-state index in [0.717, 1.165) is 12.1 Å². The number of nitriles is 3. The van der Waals surface area contributed by atoms with Gasteiger partial charge in [-0.05, 0) is 19.1 Å². The first kappa shape index (κ1) is 19.6. The highest BCUT2D eigenvalue weighted by molar-refractivity contribution is 5.98. The lowest BCUT2D eigenvalue weighted by atomic mass is 10.2. The van der Waals surface area contributed by atoms with Crippen LogP contribution in [0.5, 0.6) is 5.75 Å². The van der Waals surface area contributed by atoms with Crippen LogP contribution < -0.4 is 10.2 Å². The Morgan fingerprint density at radius 2 is 2.00 bits per heavy atom. The Morgan fingerprint density at radius 3 is 2.57 bits per heavy atom. The molecule has 136 valence electrons. The van der Waals surface area contributed by atoms with Gasteiger partial charge in [0.15, 0.2) is 11.3 Å². The van der Waals surface area contributed by atoms with Crippen molar-refractivity contribution >= 4 is 17.1 Å². The highest BCUT2D eigenvalue weighted by Gasteiger charge is 2.14. The lowest BCUT2D eigenvalue weighted by Crippen LogP contribution is -2.02. The Bertz CT molecular complexity index is 1070. The molecule has 1 aromatic heterocycles. The van der Waals surface area contributed by atoms with Crippen LogP contribution in [-0.2, 0) is 0 Å². The molecular formula is C18H11N7O3. The summed E-state index contributed by atoms with van der Waals surface area (Å²) in [6, 6.07) is 11.9. The molecule has 0 radical (unpaired) electrons. The predicted molar refractivity (Wildman–Crippen MR) is 97.7 cm³/mol. The Hall–Kier alpha value is -4.75. The summed E-state index contributed by atoms with van der Waals surface area (Å²) in [4.78, 5) is 19.7. The van der Waals surface area contributed by atoms with Gasteiger partial charge in [-0.15, -0.1) is 0 Å². The number of hydrogen-bond donors (Lipinski definition) is 1. The summed E-state index contributed by atoms with van der Waals surface area (Å²) in [5.74, 6) is 0.0210. The molecule has 0 saturated carbocycles. The van der Waals surface area contributed by atoms with E-state index in [4.69, 9.17) is 20.6 Å². The average Bonchev–Trinajstić information content (AvgIpc) is 2.72. The summed E-state index contributed by atoms with van der Waals surface area (Å²) in [7, 11) is 0. The number of nitrogens with one attached hydrogen (secondary N) is 1. The van der Waals surface area contributed by atoms with Crippen molar-refractivity contribution in [2.45, 2.75) is 6.92 Å². The summed E-state index contributed by atoms with van der Waals surface area (Å²) < 4.78 is 0. The van der Waals surface area contributed by atoms with Crippen LogP contribution in [0.4, 0.5) is 11.4 Å². The number of nitrogens with zero attached hydrogens (tertiary/aromatic N) is 6. The first-order chi connectivity index (χ1) is 13.5. The average molecular weight is 373 g/mol. The molecule has 0 amide bonds. The second-order valence-electron chi connectivity index (χ2n) is 5.19. The van der Waals surface area contributed by atoms with E-state index < -0.39 is 10.5 Å². The molecule has 0 saturated heterocycles. The second-order valence-corrected chi connectivity index (χ2v) is 5.19. The molecule has 0 aliphatic heterocycles. The Balaban J connectivity index is 2.38. The van der Waals surface area contributed by atoms with Crippen molar-refractivity contribution in [3.63, 3.8) is 0 Å². The fraction of sp³-hybridized carbons (Fsp3) is 0.0556. The van der Waals surface area contributed by atoms with Crippen LogP contribution in [0.1, 0.15) is 12.5 Å². The molecule has 2 aromatic rings. The number of rotatable bonds is 6. The molecule has 0 aliphatic rings. The molecular weight excluding hydrogens is 362 g/mol. The fourth-order valence-electron chi connectivity index (χ4n) is 1.99. The standard InChI is InChI=1S/C18H11N7O3/c1-12(13-3-2-4-22-11-13)24-28-17-6-15(5-16(7-17)25(26)27)23-18(10-21)14(8-19)9-20/h2-7,11,23H,1H3. The topological polar surface area (TPSA) is 161 Å². The van der Waals surface area contributed by atoms with Crippen LogP contribution in [0.2, 0.25) is 0 Å². The minimum atomic E-state index is -0.652. The van der Waals surface area contributed by atoms with Crippen LogP contribution in [0.25, 0.3) is 0 Å². The number of hydrogen-bond acceptors (Lipinski definition) is 9. The Kier molecular flexibility index (Phi) is 6.35. The third-order valence-corrected chi connectivity index (χ3v) is 3.32. The van der Waals surface area contributed by atoms with Gasteiger partial charge in [-0.3, -0.25) is 15.1 Å². The Morgan fingerprint density at radius 1 is 1.25 bits per heavy atom. The quantitative estimate of drug-likeness (QED) is 0.350. The first-order valence-electron chi connectivity index (χ1n) is 7.61. The van der Waals surface area contributed by atoms with Crippen LogP contribution in [0.15, 0.2) is 59.2 Å². The minimum absolute atomic E-state index is 0.0210. The summed E-state index contributed by atoms with van der Waals surface area (Å²) in [6.07, 6.45) is 3.19. The summed E-state index contributed by atoms with van der Waals surface area (Å²) >= 11 is 0. The monoisotopic (exact) mass is 373 g/mol. The third kappa shape index (κ3) is 4.88. The number of allylic oxidation sites excluding steroid dienone is 2. The maximum Gasteiger partial charge on any atom is 0.275 e. The van der Waals surface area contributed by atoms with Gasteiger partial charge >= 0.3 is 0 Å². The van der Waals surface area contributed by atoms with Gasteiger partial charge < -0.3 is 10.2 Å². The van der Waals surface area contributed by atoms with Crippen molar-refractivity contribution in [2.75, 3.05) is 5.32 Å². The van der Waals surface area contributed by atoms with Crippen LogP contribution in [0, 0.1) is 44.1 Å². The van der Waals surface area contributed by atoms with E-state index in [1.807, 2.05) is 0 Å². The minimum Gasteiger partial charge on any atom is -0.356 e. The van der Waals surface area contributed by atoms with E-state index in [0.29, 0.717) is 11.3 Å². The van der Waals surface area contributed by atoms with E-state index in [1.165, 1.54) is 6.07 Å². The van der Waals surface area contributed by atoms with Crippen molar-refractivity contribution in [2.24, 2.45) is 5.16 Å². The molecule has 1 aromatic carbocycles. The molecule has 0 bridgehead atoms. The molecule has 0 fully saturated rings. The summed E-state index contributed by atoms with van der Waals surface area (Å²) in [5.41, 5.74) is 0.144. The lowest BCUT2D eigenvalue weighted by Gasteiger charge is -2.07. The van der Waals surface area contributed by atoms with Crippen molar-refractivity contribution in [1.82, 2.24) is 4.98 Å². The van der Waals surface area contributed by atoms with Crippen molar-refractivity contribution in [1.29, 1.82) is 15.8 Å². The van der Waals surface area contributed by atoms with E-state index in [-0.39, 0.29) is 22.8 Å². The maximum atomic E-state index is 11.2. The zero-order chi connectivity index (χ0) is 20.5. The molecule has 1 heterocycles. The molecule has 0 spiro atoms. The number of nitro groups is 1. The summed E-state index contributed by atoms with van der Waals surface area (Å²) in [5, 5.41) is 44.5. The zero-order valence-corrected chi connectivity index (χ0v) is 14.4. The van der Waals surface area contributed by atoms with Crippen LogP contribution >= 0.6 is 0 Å². The SMILES string of the molecule is CC(=NOc1cc(NC(C#N)=C(C#N)C#N)cc([N+](=O)[O-])c1)c1cccnc1. The molecule has 10 nitrogen and oxygen atoms in total. The van der Waals surface area contributed by atoms with Gasteiger partial charge in [0.05, 0.1) is 16.7 Å². The number of benzene rings is 1. The van der Waals surface area contributed by atoms with Gasteiger partial charge in [-0.25, -0.2) is 0 Å². The Labute approximate surface area is 159 Å². The predicted octanol–water partition coefficient (Wildman–Crippen LogP) is 3.03. The highest BCUT2D eigenvalue weighted by atomic mass is 16.6. The van der Waals surface area contributed by atoms with Gasteiger partial charge in [0.1, 0.15) is 23.9 Å².